The first-order chi connectivity index (χ1) is 11.2. The molecule has 0 aromatic heterocycles. The second-order valence-electron chi connectivity index (χ2n) is 6.75. The lowest BCUT2D eigenvalue weighted by molar-refractivity contribution is 0.0755. The van der Waals surface area contributed by atoms with Gasteiger partial charge in [-0.3, -0.25) is 19.3 Å². The zero-order chi connectivity index (χ0) is 17.6. The number of Topliss-reactive ketones (excluding diaryl/α,β-unsaturated/α-hetero) is 1. The molecular weight excluding hydrogens is 302 g/mol. The second kappa shape index (κ2) is 5.49. The maximum atomic E-state index is 12.8. The quantitative estimate of drug-likeness (QED) is 0.696. The minimum Gasteiger partial charge on any atom is -0.297 e. The molecule has 0 spiro atoms. The third kappa shape index (κ3) is 2.31. The van der Waals surface area contributed by atoms with Crippen LogP contribution in [0.4, 0.5) is 0 Å². The smallest absolute Gasteiger partial charge is 0.194 e. The van der Waals surface area contributed by atoms with Gasteiger partial charge in [-0.25, -0.2) is 0 Å². The first-order valence-electron chi connectivity index (χ1n) is 7.80. The Hall–Kier alpha value is -2.59. The summed E-state index contributed by atoms with van der Waals surface area (Å²) < 4.78 is 0. The molecular formula is C20H19NO3. The Labute approximate surface area is 141 Å². The number of likely N-dealkylation sites (N-methyl/N-ethyl adjacent to an activating group) is 1. The zero-order valence-corrected chi connectivity index (χ0v) is 14.2. The van der Waals surface area contributed by atoms with E-state index in [0.717, 1.165) is 0 Å². The standard InChI is InChI=1S/C20H19NO3/c1-20(2,21(3)4)19(24)12-9-10-15-16(11-12)18(23)14-8-6-5-7-13(14)17(15)22/h5-11H,1-4H3. The molecule has 0 saturated heterocycles. The monoisotopic (exact) mass is 321 g/mol. The number of hydrogen-bond acceptors (Lipinski definition) is 4. The molecule has 1 aliphatic rings. The molecule has 0 unspecified atom stereocenters. The van der Waals surface area contributed by atoms with E-state index in [4.69, 9.17) is 0 Å². The van der Waals surface area contributed by atoms with Gasteiger partial charge in [0.1, 0.15) is 0 Å². The van der Waals surface area contributed by atoms with E-state index in [0.29, 0.717) is 27.8 Å². The van der Waals surface area contributed by atoms with Crippen LogP contribution in [0, 0.1) is 0 Å². The predicted molar refractivity (Wildman–Crippen MR) is 91.8 cm³/mol. The van der Waals surface area contributed by atoms with Gasteiger partial charge in [0.15, 0.2) is 17.3 Å². The van der Waals surface area contributed by atoms with Crippen LogP contribution in [-0.4, -0.2) is 41.9 Å². The van der Waals surface area contributed by atoms with E-state index in [1.165, 1.54) is 0 Å². The van der Waals surface area contributed by atoms with Crippen LogP contribution in [0.2, 0.25) is 0 Å². The van der Waals surface area contributed by atoms with Crippen LogP contribution in [0.3, 0.4) is 0 Å². The number of carbonyl (C=O) groups is 3. The summed E-state index contributed by atoms with van der Waals surface area (Å²) in [6.45, 7) is 3.66. The van der Waals surface area contributed by atoms with Crippen LogP contribution >= 0.6 is 0 Å². The van der Waals surface area contributed by atoms with Crippen LogP contribution in [0.15, 0.2) is 42.5 Å². The van der Waals surface area contributed by atoms with Crippen LogP contribution in [0.5, 0.6) is 0 Å². The van der Waals surface area contributed by atoms with Gasteiger partial charge in [0.05, 0.1) is 5.54 Å². The van der Waals surface area contributed by atoms with E-state index < -0.39 is 5.54 Å². The van der Waals surface area contributed by atoms with Gasteiger partial charge in [-0.05, 0) is 40.1 Å². The fraction of sp³-hybridized carbons (Fsp3) is 0.250. The highest BCUT2D eigenvalue weighted by Crippen LogP contribution is 2.29. The molecule has 122 valence electrons. The van der Waals surface area contributed by atoms with Gasteiger partial charge in [0.25, 0.3) is 0 Å². The fourth-order valence-electron chi connectivity index (χ4n) is 2.80. The summed E-state index contributed by atoms with van der Waals surface area (Å²) in [5, 5.41) is 0. The summed E-state index contributed by atoms with van der Waals surface area (Å²) in [5.74, 6) is -0.474. The van der Waals surface area contributed by atoms with Crippen molar-refractivity contribution in [3.05, 3.63) is 70.3 Å². The van der Waals surface area contributed by atoms with Crippen molar-refractivity contribution in [1.29, 1.82) is 0 Å². The van der Waals surface area contributed by atoms with Crippen molar-refractivity contribution in [2.45, 2.75) is 19.4 Å². The van der Waals surface area contributed by atoms with Gasteiger partial charge < -0.3 is 0 Å². The molecule has 1 aliphatic carbocycles. The number of benzene rings is 2. The fourth-order valence-corrected chi connectivity index (χ4v) is 2.80. The Balaban J connectivity index is 2.11. The molecule has 0 atom stereocenters. The van der Waals surface area contributed by atoms with Crippen molar-refractivity contribution >= 4 is 17.3 Å². The molecule has 2 aromatic carbocycles. The van der Waals surface area contributed by atoms with Crippen LogP contribution in [0.25, 0.3) is 0 Å². The Morgan fingerprint density at radius 1 is 0.833 bits per heavy atom. The van der Waals surface area contributed by atoms with Gasteiger partial charge in [-0.15, -0.1) is 0 Å². The van der Waals surface area contributed by atoms with Crippen LogP contribution in [-0.2, 0) is 0 Å². The maximum Gasteiger partial charge on any atom is 0.194 e. The van der Waals surface area contributed by atoms with Gasteiger partial charge in [-0.2, -0.15) is 0 Å². The molecule has 0 saturated carbocycles. The van der Waals surface area contributed by atoms with E-state index in [2.05, 4.69) is 0 Å². The number of ketones is 3. The second-order valence-corrected chi connectivity index (χ2v) is 6.75. The zero-order valence-electron chi connectivity index (χ0n) is 14.2. The Kier molecular flexibility index (Phi) is 3.73. The highest BCUT2D eigenvalue weighted by molar-refractivity contribution is 6.28. The Bertz CT molecular complexity index is 878. The molecule has 0 heterocycles. The average Bonchev–Trinajstić information content (AvgIpc) is 2.58. The third-order valence-corrected chi connectivity index (χ3v) is 4.86. The molecule has 0 N–H and O–H groups in total. The molecule has 2 aromatic rings. The van der Waals surface area contributed by atoms with Gasteiger partial charge in [-0.1, -0.05) is 30.3 Å². The van der Waals surface area contributed by atoms with Crippen molar-refractivity contribution in [2.75, 3.05) is 14.1 Å². The SMILES string of the molecule is CN(C)C(C)(C)C(=O)c1ccc2c(c1)C(=O)c1ccccc1C2=O. The Morgan fingerprint density at radius 2 is 1.33 bits per heavy atom. The summed E-state index contributed by atoms with van der Waals surface area (Å²) in [5.41, 5.74) is 1.22. The van der Waals surface area contributed by atoms with E-state index in [1.54, 1.807) is 42.5 Å². The highest BCUT2D eigenvalue weighted by atomic mass is 16.1. The third-order valence-electron chi connectivity index (χ3n) is 4.86. The number of fused-ring (bicyclic) bond motifs is 2. The molecule has 0 aliphatic heterocycles. The van der Waals surface area contributed by atoms with Crippen molar-refractivity contribution in [2.24, 2.45) is 0 Å². The van der Waals surface area contributed by atoms with Crippen LogP contribution in [0.1, 0.15) is 56.0 Å². The first kappa shape index (κ1) is 16.3. The summed E-state index contributed by atoms with van der Waals surface area (Å²) >= 11 is 0. The average molecular weight is 321 g/mol. The lowest BCUT2D eigenvalue weighted by Crippen LogP contribution is -2.45. The number of nitrogens with zero attached hydrogens (tertiary/aromatic N) is 1. The molecule has 0 amide bonds. The minimum absolute atomic E-state index is 0.0885. The van der Waals surface area contributed by atoms with Crippen molar-refractivity contribution in [3.63, 3.8) is 0 Å². The van der Waals surface area contributed by atoms with Crippen LogP contribution < -0.4 is 0 Å². The maximum absolute atomic E-state index is 12.8. The molecule has 0 fully saturated rings. The largest absolute Gasteiger partial charge is 0.297 e. The van der Waals surface area contributed by atoms with Crippen molar-refractivity contribution < 1.29 is 14.4 Å². The Morgan fingerprint density at radius 3 is 1.88 bits per heavy atom. The lowest BCUT2D eigenvalue weighted by atomic mass is 9.82. The van der Waals surface area contributed by atoms with E-state index in [-0.39, 0.29) is 17.3 Å². The van der Waals surface area contributed by atoms with Crippen molar-refractivity contribution in [1.82, 2.24) is 4.90 Å². The summed E-state index contributed by atoms with van der Waals surface area (Å²) in [4.78, 5) is 40.0. The van der Waals surface area contributed by atoms with Gasteiger partial charge >= 0.3 is 0 Å². The van der Waals surface area contributed by atoms with Gasteiger partial charge in [0, 0.05) is 27.8 Å². The molecule has 0 radical (unpaired) electrons. The molecule has 3 rings (SSSR count). The van der Waals surface area contributed by atoms with E-state index in [1.807, 2.05) is 32.8 Å². The molecule has 4 heteroatoms. The topological polar surface area (TPSA) is 54.5 Å². The minimum atomic E-state index is -0.701. The molecule has 4 nitrogen and oxygen atoms in total. The normalized spacial score (nSPS) is 13.7. The van der Waals surface area contributed by atoms with Gasteiger partial charge in [0.2, 0.25) is 0 Å². The summed E-state index contributed by atoms with van der Waals surface area (Å²) in [6, 6.07) is 11.6. The van der Waals surface area contributed by atoms with E-state index >= 15 is 0 Å². The van der Waals surface area contributed by atoms with E-state index in [9.17, 15) is 14.4 Å². The highest BCUT2D eigenvalue weighted by Gasteiger charge is 2.34. The molecule has 0 bridgehead atoms. The number of carbonyl (C=O) groups excluding carboxylic acids is 3. The molecule has 24 heavy (non-hydrogen) atoms. The number of hydrogen-bond donors (Lipinski definition) is 0. The summed E-state index contributed by atoms with van der Waals surface area (Å²) in [7, 11) is 3.67. The number of rotatable bonds is 3. The predicted octanol–water partition coefficient (Wildman–Crippen LogP) is 2.98. The summed E-state index contributed by atoms with van der Waals surface area (Å²) in [6.07, 6.45) is 0. The van der Waals surface area contributed by atoms with Crippen molar-refractivity contribution in [3.8, 4) is 0 Å². The first-order valence-corrected chi connectivity index (χ1v) is 7.80. The lowest BCUT2D eigenvalue weighted by Gasteiger charge is -2.31.